The third kappa shape index (κ3) is 3.20. The van der Waals surface area contributed by atoms with Gasteiger partial charge in [0.2, 0.25) is 0 Å². The molecule has 0 bridgehead atoms. The van der Waals surface area contributed by atoms with Gasteiger partial charge in [-0.2, -0.15) is 0 Å². The number of fused-ring (bicyclic) bond motifs is 13. The van der Waals surface area contributed by atoms with Crippen molar-refractivity contribution in [1.29, 1.82) is 0 Å². The zero-order valence-electron chi connectivity index (χ0n) is 25.5. The van der Waals surface area contributed by atoms with Gasteiger partial charge in [-0.25, -0.2) is 9.97 Å². The summed E-state index contributed by atoms with van der Waals surface area (Å²) in [5.41, 5.74) is 8.91. The number of aromatic nitrogens is 2. The first-order valence-electron chi connectivity index (χ1n) is 16.1. The van der Waals surface area contributed by atoms with Crippen molar-refractivity contribution in [3.63, 3.8) is 0 Å². The summed E-state index contributed by atoms with van der Waals surface area (Å²) in [4.78, 5) is 10.5. The molecule has 0 fully saturated rings. The molecule has 5 heteroatoms. The number of benzene rings is 6. The molecule has 6 aromatic carbocycles. The van der Waals surface area contributed by atoms with E-state index in [0.717, 1.165) is 72.3 Å². The van der Waals surface area contributed by atoms with Gasteiger partial charge in [-0.15, -0.1) is 0 Å². The number of para-hydroxylation sites is 4. The van der Waals surface area contributed by atoms with E-state index in [-0.39, 0.29) is 0 Å². The number of nitrogens with zero attached hydrogens (tertiary/aromatic N) is 2. The van der Waals surface area contributed by atoms with Crippen molar-refractivity contribution in [2.45, 2.75) is 5.41 Å². The minimum absolute atomic E-state index is 0.666. The van der Waals surface area contributed by atoms with E-state index in [2.05, 4.69) is 72.8 Å². The fourth-order valence-corrected chi connectivity index (χ4v) is 8.00. The van der Waals surface area contributed by atoms with E-state index in [4.69, 9.17) is 23.9 Å². The van der Waals surface area contributed by atoms with Gasteiger partial charge in [-0.05, 0) is 46.5 Å². The van der Waals surface area contributed by atoms with E-state index < -0.39 is 5.41 Å². The number of hydrogen-bond acceptors (Lipinski definition) is 5. The van der Waals surface area contributed by atoms with Gasteiger partial charge in [0.05, 0.1) is 16.8 Å². The smallest absolute Gasteiger partial charge is 0.179 e. The molecule has 1 aliphatic heterocycles. The van der Waals surface area contributed by atoms with Crippen LogP contribution in [-0.2, 0) is 5.41 Å². The van der Waals surface area contributed by atoms with Gasteiger partial charge >= 0.3 is 0 Å². The average molecular weight is 617 g/mol. The van der Waals surface area contributed by atoms with Gasteiger partial charge in [-0.3, -0.25) is 0 Å². The maximum atomic E-state index is 6.94. The highest BCUT2D eigenvalue weighted by Crippen LogP contribution is 2.66. The molecule has 5 nitrogen and oxygen atoms in total. The summed E-state index contributed by atoms with van der Waals surface area (Å²) in [6.07, 6.45) is 0. The van der Waals surface area contributed by atoms with E-state index in [9.17, 15) is 0 Å². The molecule has 0 amide bonds. The van der Waals surface area contributed by atoms with Gasteiger partial charge in [0.25, 0.3) is 0 Å². The number of allylic oxidation sites excluding steroid dienone is 1. The second kappa shape index (κ2) is 9.30. The Morgan fingerprint density at radius 3 is 2.08 bits per heavy atom. The van der Waals surface area contributed by atoms with E-state index in [1.807, 2.05) is 72.8 Å². The lowest BCUT2D eigenvalue weighted by Crippen LogP contribution is -2.31. The van der Waals surface area contributed by atoms with Crippen molar-refractivity contribution in [1.82, 2.24) is 9.97 Å². The SMILES string of the molecule is c1ccc(-c2nc(-c3cccc4c3-c3ccccc3C43C4=C(Oc5ccccc5O4)c4c3oc3ccccc43)nc3ccccc23)cc1. The van der Waals surface area contributed by atoms with E-state index in [1.165, 1.54) is 0 Å². The van der Waals surface area contributed by atoms with Gasteiger partial charge in [0, 0.05) is 21.9 Å². The maximum absolute atomic E-state index is 6.94. The average Bonchev–Trinajstić information content (AvgIpc) is 3.77. The van der Waals surface area contributed by atoms with Crippen molar-refractivity contribution in [2.75, 3.05) is 0 Å². The Morgan fingerprint density at radius 2 is 1.19 bits per heavy atom. The molecule has 8 aromatic rings. The first kappa shape index (κ1) is 25.7. The van der Waals surface area contributed by atoms with Gasteiger partial charge < -0.3 is 13.9 Å². The van der Waals surface area contributed by atoms with Crippen LogP contribution in [0.1, 0.15) is 22.5 Å². The largest absolute Gasteiger partial charge is 0.458 e. The summed E-state index contributed by atoms with van der Waals surface area (Å²) in [6.45, 7) is 0. The van der Waals surface area contributed by atoms with Crippen molar-refractivity contribution in [3.8, 4) is 45.3 Å². The molecular weight excluding hydrogens is 592 g/mol. The Balaban J connectivity index is 1.24. The predicted molar refractivity (Wildman–Crippen MR) is 187 cm³/mol. The highest BCUT2D eigenvalue weighted by atomic mass is 16.6. The van der Waals surface area contributed by atoms with Crippen LogP contribution in [0, 0.1) is 0 Å². The highest BCUT2D eigenvalue weighted by Gasteiger charge is 2.60. The third-order valence-electron chi connectivity index (χ3n) is 9.94. The minimum atomic E-state index is -0.891. The van der Waals surface area contributed by atoms with Crippen molar-refractivity contribution in [3.05, 3.63) is 174 Å². The molecule has 2 aliphatic carbocycles. The molecule has 11 rings (SSSR count). The summed E-state index contributed by atoms with van der Waals surface area (Å²) in [5.74, 6) is 4.23. The molecule has 1 unspecified atom stereocenters. The molecule has 0 radical (unpaired) electrons. The topological polar surface area (TPSA) is 57.4 Å². The van der Waals surface area contributed by atoms with Crippen LogP contribution >= 0.6 is 0 Å². The fraction of sp³-hybridized carbons (Fsp3) is 0.0233. The third-order valence-corrected chi connectivity index (χ3v) is 9.94. The van der Waals surface area contributed by atoms with Crippen LogP contribution < -0.4 is 9.47 Å². The van der Waals surface area contributed by atoms with Crippen molar-refractivity contribution >= 4 is 27.6 Å². The van der Waals surface area contributed by atoms with Gasteiger partial charge in [0.1, 0.15) is 16.8 Å². The first-order valence-corrected chi connectivity index (χ1v) is 16.1. The Labute approximate surface area is 275 Å². The van der Waals surface area contributed by atoms with E-state index in [0.29, 0.717) is 28.8 Å². The highest BCUT2D eigenvalue weighted by molar-refractivity contribution is 6.03. The Hall–Kier alpha value is -6.46. The predicted octanol–water partition coefficient (Wildman–Crippen LogP) is 10.2. The van der Waals surface area contributed by atoms with Crippen LogP contribution in [0.25, 0.3) is 61.4 Å². The Morgan fingerprint density at radius 1 is 0.500 bits per heavy atom. The fourth-order valence-electron chi connectivity index (χ4n) is 8.00. The van der Waals surface area contributed by atoms with Crippen molar-refractivity contribution in [2.24, 2.45) is 0 Å². The zero-order valence-corrected chi connectivity index (χ0v) is 25.5. The van der Waals surface area contributed by atoms with Gasteiger partial charge in [0.15, 0.2) is 28.8 Å². The van der Waals surface area contributed by atoms with Crippen LogP contribution in [0.2, 0.25) is 0 Å². The van der Waals surface area contributed by atoms with Crippen LogP contribution in [0.5, 0.6) is 11.5 Å². The summed E-state index contributed by atoms with van der Waals surface area (Å²) in [7, 11) is 0. The lowest BCUT2D eigenvalue weighted by Gasteiger charge is -2.31. The van der Waals surface area contributed by atoms with Crippen LogP contribution in [0.15, 0.2) is 156 Å². The van der Waals surface area contributed by atoms with Crippen LogP contribution in [0.3, 0.4) is 0 Å². The molecular formula is C43H24N2O3. The Kier molecular flexibility index (Phi) is 4.98. The second-order valence-electron chi connectivity index (χ2n) is 12.4. The summed E-state index contributed by atoms with van der Waals surface area (Å²) in [5, 5.41) is 2.01. The molecule has 48 heavy (non-hydrogen) atoms. The molecule has 0 N–H and O–H groups in total. The van der Waals surface area contributed by atoms with Crippen LogP contribution in [0.4, 0.5) is 0 Å². The molecule has 3 heterocycles. The van der Waals surface area contributed by atoms with Gasteiger partial charge in [-0.1, -0.05) is 121 Å². The summed E-state index contributed by atoms with van der Waals surface area (Å²) >= 11 is 0. The maximum Gasteiger partial charge on any atom is 0.179 e. The molecule has 0 saturated heterocycles. The number of furan rings is 1. The quantitative estimate of drug-likeness (QED) is 0.193. The monoisotopic (exact) mass is 616 g/mol. The number of rotatable bonds is 2. The lowest BCUT2D eigenvalue weighted by molar-refractivity contribution is 0.306. The number of hydrogen-bond donors (Lipinski definition) is 0. The first-order chi connectivity index (χ1) is 23.8. The summed E-state index contributed by atoms with van der Waals surface area (Å²) in [6, 6.07) is 49.5. The standard InChI is InChI=1S/C43H24N2O3/c1-2-13-25(14-3-1)38-27-16-5-8-21-32(27)44-42(45-38)29-18-12-20-31-36(29)26-15-4-7-19-30(26)43(31)40-37(28-17-6-9-22-33(28)47-40)39-41(43)48-35-24-11-10-23-34(35)46-39/h1-24H. The second-order valence-corrected chi connectivity index (χ2v) is 12.4. The molecule has 0 saturated carbocycles. The van der Waals surface area contributed by atoms with E-state index >= 15 is 0 Å². The molecule has 224 valence electrons. The number of ether oxygens (including phenoxy) is 2. The lowest BCUT2D eigenvalue weighted by atomic mass is 9.76. The normalized spacial score (nSPS) is 16.7. The minimum Gasteiger partial charge on any atom is -0.458 e. The molecule has 2 aromatic heterocycles. The molecule has 1 atom stereocenters. The molecule has 3 aliphatic rings. The van der Waals surface area contributed by atoms with Crippen LogP contribution in [-0.4, -0.2) is 9.97 Å². The van der Waals surface area contributed by atoms with Crippen molar-refractivity contribution < 1.29 is 13.9 Å². The Bertz CT molecular complexity index is 2690. The molecule has 1 spiro atoms. The summed E-state index contributed by atoms with van der Waals surface area (Å²) < 4.78 is 20.6. The zero-order chi connectivity index (χ0) is 31.4. The van der Waals surface area contributed by atoms with E-state index in [1.54, 1.807) is 0 Å².